The number of amides is 1. The highest BCUT2D eigenvalue weighted by Gasteiger charge is 2.13. The average molecular weight is 317 g/mol. The average Bonchev–Trinajstić information content (AvgIpc) is 2.54. The second kappa shape index (κ2) is 8.41. The molecule has 1 unspecified atom stereocenters. The Kier molecular flexibility index (Phi) is 6.26. The van der Waals surface area contributed by atoms with Crippen molar-refractivity contribution in [2.24, 2.45) is 0 Å². The van der Waals surface area contributed by atoms with Crippen LogP contribution in [-0.4, -0.2) is 17.6 Å². The van der Waals surface area contributed by atoms with E-state index in [0.29, 0.717) is 24.5 Å². The Hall–Kier alpha value is -2.24. The molecule has 0 saturated carbocycles. The van der Waals surface area contributed by atoms with Gasteiger partial charge in [-0.2, -0.15) is 0 Å². The summed E-state index contributed by atoms with van der Waals surface area (Å²) in [6.45, 7) is 3.11. The molecule has 23 heavy (non-hydrogen) atoms. The van der Waals surface area contributed by atoms with Gasteiger partial charge in [0.25, 0.3) is 0 Å². The lowest BCUT2D eigenvalue weighted by atomic mass is 10.1. The fourth-order valence-corrected chi connectivity index (χ4v) is 2.12. The molecule has 2 N–H and O–H groups in total. The van der Waals surface area contributed by atoms with E-state index in [0.717, 1.165) is 5.56 Å². The van der Waals surface area contributed by atoms with Crippen molar-refractivity contribution in [3.05, 3.63) is 65.5 Å². The van der Waals surface area contributed by atoms with E-state index in [4.69, 9.17) is 4.74 Å². The number of hydrogen-bond donors (Lipinski definition) is 2. The topological polar surface area (TPSA) is 58.6 Å². The molecule has 2 aromatic carbocycles. The van der Waals surface area contributed by atoms with Gasteiger partial charge in [-0.05, 0) is 42.3 Å². The van der Waals surface area contributed by atoms with Gasteiger partial charge in [-0.3, -0.25) is 4.79 Å². The minimum absolute atomic E-state index is 0.135. The Morgan fingerprint density at radius 2 is 2.00 bits per heavy atom. The number of benzene rings is 2. The summed E-state index contributed by atoms with van der Waals surface area (Å²) in [5.74, 6) is -0.772. The highest BCUT2D eigenvalue weighted by Crippen LogP contribution is 2.19. The van der Waals surface area contributed by atoms with Crippen LogP contribution >= 0.6 is 0 Å². The van der Waals surface area contributed by atoms with Crippen molar-refractivity contribution in [3.8, 4) is 0 Å². The number of anilines is 1. The summed E-state index contributed by atoms with van der Waals surface area (Å²) >= 11 is 0. The molecule has 5 heteroatoms. The molecule has 0 fully saturated rings. The van der Waals surface area contributed by atoms with Crippen LogP contribution in [0.1, 0.15) is 30.6 Å². The molecule has 4 nitrogen and oxygen atoms in total. The number of carbonyl (C=O) groups excluding carboxylic acids is 1. The summed E-state index contributed by atoms with van der Waals surface area (Å²) in [5.41, 5.74) is 2.04. The molecular formula is C18H20FNO3. The van der Waals surface area contributed by atoms with Crippen LogP contribution in [0, 0.1) is 5.82 Å². The van der Waals surface area contributed by atoms with Crippen LogP contribution in [0.2, 0.25) is 0 Å². The second-order valence-electron chi connectivity index (χ2n) is 5.16. The molecule has 1 amide bonds. The van der Waals surface area contributed by atoms with Gasteiger partial charge < -0.3 is 15.2 Å². The lowest BCUT2D eigenvalue weighted by Gasteiger charge is -2.12. The summed E-state index contributed by atoms with van der Waals surface area (Å²) < 4.78 is 18.4. The van der Waals surface area contributed by atoms with Gasteiger partial charge in [0.1, 0.15) is 5.82 Å². The van der Waals surface area contributed by atoms with Gasteiger partial charge in [-0.1, -0.05) is 24.3 Å². The Morgan fingerprint density at radius 1 is 1.26 bits per heavy atom. The van der Waals surface area contributed by atoms with E-state index in [9.17, 15) is 14.3 Å². The fourth-order valence-electron chi connectivity index (χ4n) is 2.12. The normalized spacial score (nSPS) is 12.0. The Morgan fingerprint density at radius 3 is 2.65 bits per heavy atom. The first-order valence-electron chi connectivity index (χ1n) is 7.48. The number of ether oxygens (including phenoxy) is 1. The van der Waals surface area contributed by atoms with E-state index < -0.39 is 11.9 Å². The number of halogens is 1. The Bertz CT molecular complexity index is 643. The number of nitrogens with one attached hydrogen (secondary N) is 1. The van der Waals surface area contributed by atoms with E-state index in [1.165, 1.54) is 18.2 Å². The molecule has 0 aliphatic heterocycles. The lowest BCUT2D eigenvalue weighted by molar-refractivity contribution is -0.118. The molecule has 1 atom stereocenters. The number of aliphatic hydroxyl groups is 1. The predicted molar refractivity (Wildman–Crippen MR) is 86.4 cm³/mol. The molecule has 0 bridgehead atoms. The van der Waals surface area contributed by atoms with Crippen molar-refractivity contribution in [3.63, 3.8) is 0 Å². The third-order valence-corrected chi connectivity index (χ3v) is 3.32. The zero-order valence-electron chi connectivity index (χ0n) is 13.0. The molecule has 0 aromatic heterocycles. The van der Waals surface area contributed by atoms with Gasteiger partial charge >= 0.3 is 0 Å². The minimum Gasteiger partial charge on any atom is -0.388 e. The number of carbonyl (C=O) groups is 1. The van der Waals surface area contributed by atoms with E-state index >= 15 is 0 Å². The van der Waals surface area contributed by atoms with Gasteiger partial charge in [0.2, 0.25) is 5.91 Å². The largest absolute Gasteiger partial charge is 0.388 e. The summed E-state index contributed by atoms with van der Waals surface area (Å²) in [6, 6.07) is 12.9. The lowest BCUT2D eigenvalue weighted by Crippen LogP contribution is -2.15. The van der Waals surface area contributed by atoms with Crippen LogP contribution in [0.15, 0.2) is 48.5 Å². The molecule has 2 aromatic rings. The second-order valence-corrected chi connectivity index (χ2v) is 5.16. The Balaban J connectivity index is 1.89. The molecule has 0 aliphatic rings. The quantitative estimate of drug-likeness (QED) is 0.822. The molecule has 0 radical (unpaired) electrons. The standard InChI is InChI=1S/C18H20FNO3/c1-2-23-12-13-6-8-16(9-7-13)20-18(22)11-17(21)14-4-3-5-15(19)10-14/h3-10,17,21H,2,11-12H2,1H3,(H,20,22). The molecule has 2 rings (SSSR count). The summed E-state index contributed by atoms with van der Waals surface area (Å²) in [6.07, 6.45) is -1.17. The molecule has 0 aliphatic carbocycles. The van der Waals surface area contributed by atoms with Crippen LogP contribution in [0.4, 0.5) is 10.1 Å². The summed E-state index contributed by atoms with van der Waals surface area (Å²) in [5, 5.41) is 12.7. The highest BCUT2D eigenvalue weighted by atomic mass is 19.1. The van der Waals surface area contributed by atoms with Crippen molar-refractivity contribution in [1.29, 1.82) is 0 Å². The maximum Gasteiger partial charge on any atom is 0.227 e. The highest BCUT2D eigenvalue weighted by molar-refractivity contribution is 5.91. The van der Waals surface area contributed by atoms with E-state index in [-0.39, 0.29) is 12.3 Å². The SMILES string of the molecule is CCOCc1ccc(NC(=O)CC(O)c2cccc(F)c2)cc1. The summed E-state index contributed by atoms with van der Waals surface area (Å²) in [4.78, 5) is 11.9. The van der Waals surface area contributed by atoms with Crippen molar-refractivity contribution in [2.75, 3.05) is 11.9 Å². The third-order valence-electron chi connectivity index (χ3n) is 3.32. The molecule has 122 valence electrons. The van der Waals surface area contributed by atoms with E-state index in [1.807, 2.05) is 19.1 Å². The number of aliphatic hydroxyl groups excluding tert-OH is 1. The number of hydrogen-bond acceptors (Lipinski definition) is 3. The van der Waals surface area contributed by atoms with Crippen molar-refractivity contribution < 1.29 is 19.0 Å². The van der Waals surface area contributed by atoms with Crippen LogP contribution < -0.4 is 5.32 Å². The van der Waals surface area contributed by atoms with Crippen LogP contribution in [0.5, 0.6) is 0 Å². The van der Waals surface area contributed by atoms with Gasteiger partial charge in [-0.25, -0.2) is 4.39 Å². The van der Waals surface area contributed by atoms with Crippen molar-refractivity contribution in [1.82, 2.24) is 0 Å². The molecular weight excluding hydrogens is 297 g/mol. The van der Waals surface area contributed by atoms with Gasteiger partial charge in [0, 0.05) is 12.3 Å². The predicted octanol–water partition coefficient (Wildman–Crippen LogP) is 3.42. The van der Waals surface area contributed by atoms with Crippen molar-refractivity contribution >= 4 is 11.6 Å². The monoisotopic (exact) mass is 317 g/mol. The van der Waals surface area contributed by atoms with E-state index in [1.54, 1.807) is 18.2 Å². The van der Waals surface area contributed by atoms with Crippen LogP contribution in [0.3, 0.4) is 0 Å². The third kappa shape index (κ3) is 5.47. The summed E-state index contributed by atoms with van der Waals surface area (Å²) in [7, 11) is 0. The van der Waals surface area contributed by atoms with Crippen LogP contribution in [0.25, 0.3) is 0 Å². The van der Waals surface area contributed by atoms with E-state index in [2.05, 4.69) is 5.32 Å². The van der Waals surface area contributed by atoms with Gasteiger partial charge in [-0.15, -0.1) is 0 Å². The van der Waals surface area contributed by atoms with Gasteiger partial charge in [0.15, 0.2) is 0 Å². The fraction of sp³-hybridized carbons (Fsp3) is 0.278. The minimum atomic E-state index is -1.04. The Labute approximate surface area is 134 Å². The first kappa shape index (κ1) is 17.1. The van der Waals surface area contributed by atoms with Crippen molar-refractivity contribution in [2.45, 2.75) is 26.1 Å². The number of rotatable bonds is 7. The molecule has 0 spiro atoms. The zero-order valence-corrected chi connectivity index (χ0v) is 13.0. The molecule has 0 heterocycles. The maximum absolute atomic E-state index is 13.1. The molecule has 0 saturated heterocycles. The smallest absolute Gasteiger partial charge is 0.227 e. The van der Waals surface area contributed by atoms with Gasteiger partial charge in [0.05, 0.1) is 19.1 Å². The van der Waals surface area contributed by atoms with Crippen LogP contribution in [-0.2, 0) is 16.1 Å². The maximum atomic E-state index is 13.1. The first-order valence-corrected chi connectivity index (χ1v) is 7.48. The zero-order chi connectivity index (χ0) is 16.7. The first-order chi connectivity index (χ1) is 11.1.